The maximum absolute atomic E-state index is 9.46. The van der Waals surface area contributed by atoms with Crippen molar-refractivity contribution in [3.05, 3.63) is 17.6 Å². The highest BCUT2D eigenvalue weighted by molar-refractivity contribution is 5.37. The van der Waals surface area contributed by atoms with Crippen LogP contribution in [0.2, 0.25) is 0 Å². The number of anilines is 1. The minimum atomic E-state index is 0.263. The number of nitrogens with one attached hydrogen (secondary N) is 1. The first-order chi connectivity index (χ1) is 9.10. The van der Waals surface area contributed by atoms with Crippen molar-refractivity contribution in [3.8, 4) is 0 Å². The second-order valence-electron chi connectivity index (χ2n) is 5.89. The fourth-order valence-electron chi connectivity index (χ4n) is 2.73. The molecule has 19 heavy (non-hydrogen) atoms. The van der Waals surface area contributed by atoms with Crippen LogP contribution in [0.15, 0.2) is 6.07 Å². The van der Waals surface area contributed by atoms with Gasteiger partial charge in [-0.05, 0) is 19.8 Å². The summed E-state index contributed by atoms with van der Waals surface area (Å²) in [6.07, 6.45) is 4.68. The first-order valence-electron chi connectivity index (χ1n) is 7.33. The summed E-state index contributed by atoms with van der Waals surface area (Å²) >= 11 is 0. The average Bonchev–Trinajstić information content (AvgIpc) is 2.38. The van der Waals surface area contributed by atoms with Crippen LogP contribution in [0.5, 0.6) is 0 Å². The van der Waals surface area contributed by atoms with E-state index in [-0.39, 0.29) is 6.61 Å². The molecule has 106 valence electrons. The smallest absolute Gasteiger partial charge is 0.133 e. The van der Waals surface area contributed by atoms with E-state index in [2.05, 4.69) is 29.1 Å². The van der Waals surface area contributed by atoms with Gasteiger partial charge in [-0.1, -0.05) is 26.7 Å². The Hall–Kier alpha value is -1.16. The molecule has 1 aromatic heterocycles. The molecule has 1 aliphatic carbocycles. The Kier molecular flexibility index (Phi) is 4.75. The number of aryl methyl sites for hydroxylation is 1. The lowest BCUT2D eigenvalue weighted by Gasteiger charge is -2.31. The largest absolute Gasteiger partial charge is 0.396 e. The van der Waals surface area contributed by atoms with E-state index in [9.17, 15) is 5.11 Å². The molecule has 1 heterocycles. The minimum Gasteiger partial charge on any atom is -0.396 e. The molecular weight excluding hydrogens is 238 g/mol. The van der Waals surface area contributed by atoms with Crippen molar-refractivity contribution in [3.63, 3.8) is 0 Å². The van der Waals surface area contributed by atoms with Crippen LogP contribution in [0.25, 0.3) is 0 Å². The predicted octanol–water partition coefficient (Wildman–Crippen LogP) is 2.87. The zero-order chi connectivity index (χ0) is 13.8. The summed E-state index contributed by atoms with van der Waals surface area (Å²) < 4.78 is 0. The van der Waals surface area contributed by atoms with Crippen LogP contribution >= 0.6 is 0 Å². The fourth-order valence-corrected chi connectivity index (χ4v) is 2.73. The molecule has 0 saturated heterocycles. The van der Waals surface area contributed by atoms with Crippen LogP contribution < -0.4 is 5.32 Å². The van der Waals surface area contributed by atoms with Crippen LogP contribution in [0.1, 0.15) is 57.0 Å². The zero-order valence-electron chi connectivity index (χ0n) is 12.2. The molecule has 0 aliphatic heterocycles. The summed E-state index contributed by atoms with van der Waals surface area (Å²) in [5.41, 5.74) is 0.998. The second kappa shape index (κ2) is 6.33. The van der Waals surface area contributed by atoms with Crippen molar-refractivity contribution in [1.29, 1.82) is 0 Å². The van der Waals surface area contributed by atoms with E-state index in [0.717, 1.165) is 30.2 Å². The molecular formula is C15H25N3O. The second-order valence-corrected chi connectivity index (χ2v) is 5.89. The summed E-state index contributed by atoms with van der Waals surface area (Å²) in [4.78, 5) is 9.06. The molecule has 2 unspecified atom stereocenters. The van der Waals surface area contributed by atoms with Gasteiger partial charge < -0.3 is 10.4 Å². The van der Waals surface area contributed by atoms with E-state index in [1.807, 2.05) is 13.0 Å². The van der Waals surface area contributed by atoms with Crippen LogP contribution in [0.4, 0.5) is 5.82 Å². The van der Waals surface area contributed by atoms with Crippen molar-refractivity contribution < 1.29 is 5.11 Å². The van der Waals surface area contributed by atoms with Gasteiger partial charge in [0.05, 0.1) is 0 Å². The molecule has 1 aromatic rings. The predicted molar refractivity (Wildman–Crippen MR) is 77.3 cm³/mol. The number of aliphatic hydroxyl groups excluding tert-OH is 1. The number of nitrogens with zero attached hydrogens (tertiary/aromatic N) is 2. The molecule has 0 radical (unpaired) electrons. The number of aromatic nitrogens is 2. The third kappa shape index (κ3) is 3.66. The lowest BCUT2D eigenvalue weighted by Crippen LogP contribution is -2.34. The lowest BCUT2D eigenvalue weighted by molar-refractivity contribution is 0.178. The van der Waals surface area contributed by atoms with Gasteiger partial charge in [-0.25, -0.2) is 9.97 Å². The van der Waals surface area contributed by atoms with Gasteiger partial charge in [0.1, 0.15) is 11.6 Å². The van der Waals surface area contributed by atoms with E-state index in [0.29, 0.717) is 17.9 Å². The Morgan fingerprint density at radius 1 is 1.32 bits per heavy atom. The minimum absolute atomic E-state index is 0.263. The third-order valence-electron chi connectivity index (χ3n) is 3.86. The molecule has 2 rings (SSSR count). The molecule has 1 aliphatic rings. The van der Waals surface area contributed by atoms with Gasteiger partial charge in [-0.2, -0.15) is 0 Å². The van der Waals surface area contributed by atoms with Crippen molar-refractivity contribution in [1.82, 2.24) is 9.97 Å². The topological polar surface area (TPSA) is 58.0 Å². The SMILES string of the molecule is Cc1cc(NC2CCCCC2CO)nc(C(C)C)n1. The van der Waals surface area contributed by atoms with Crippen LogP contribution in [0, 0.1) is 12.8 Å². The zero-order valence-corrected chi connectivity index (χ0v) is 12.2. The monoisotopic (exact) mass is 263 g/mol. The summed E-state index contributed by atoms with van der Waals surface area (Å²) in [6.45, 7) is 6.48. The number of hydrogen-bond acceptors (Lipinski definition) is 4. The fraction of sp³-hybridized carbons (Fsp3) is 0.733. The average molecular weight is 263 g/mol. The van der Waals surface area contributed by atoms with Crippen LogP contribution in [0.3, 0.4) is 0 Å². The molecule has 0 spiro atoms. The Morgan fingerprint density at radius 2 is 2.05 bits per heavy atom. The number of rotatable bonds is 4. The lowest BCUT2D eigenvalue weighted by atomic mass is 9.85. The summed E-state index contributed by atoms with van der Waals surface area (Å²) in [5, 5.41) is 13.0. The van der Waals surface area contributed by atoms with Crippen molar-refractivity contribution >= 4 is 5.82 Å². The molecule has 2 N–H and O–H groups in total. The van der Waals surface area contributed by atoms with Crippen molar-refractivity contribution in [2.75, 3.05) is 11.9 Å². The molecule has 0 amide bonds. The summed E-state index contributed by atoms with van der Waals surface area (Å²) in [7, 11) is 0. The molecule has 4 heteroatoms. The highest BCUT2D eigenvalue weighted by atomic mass is 16.3. The Morgan fingerprint density at radius 3 is 2.74 bits per heavy atom. The first-order valence-corrected chi connectivity index (χ1v) is 7.33. The highest BCUT2D eigenvalue weighted by Gasteiger charge is 2.24. The van der Waals surface area contributed by atoms with E-state index >= 15 is 0 Å². The maximum Gasteiger partial charge on any atom is 0.133 e. The molecule has 4 nitrogen and oxygen atoms in total. The Labute approximate surface area is 115 Å². The third-order valence-corrected chi connectivity index (χ3v) is 3.86. The molecule has 0 aromatic carbocycles. The normalized spacial score (nSPS) is 23.6. The number of aliphatic hydroxyl groups is 1. The van der Waals surface area contributed by atoms with E-state index in [4.69, 9.17) is 0 Å². The highest BCUT2D eigenvalue weighted by Crippen LogP contribution is 2.27. The van der Waals surface area contributed by atoms with Gasteiger partial charge in [0.15, 0.2) is 0 Å². The van der Waals surface area contributed by atoms with Gasteiger partial charge in [-0.3, -0.25) is 0 Å². The van der Waals surface area contributed by atoms with Gasteiger partial charge in [-0.15, -0.1) is 0 Å². The Balaban J connectivity index is 2.13. The quantitative estimate of drug-likeness (QED) is 0.877. The van der Waals surface area contributed by atoms with Gasteiger partial charge in [0.2, 0.25) is 0 Å². The maximum atomic E-state index is 9.46. The standard InChI is InChI=1S/C15H25N3O/c1-10(2)15-16-11(3)8-14(18-15)17-13-7-5-4-6-12(13)9-19/h8,10,12-13,19H,4-7,9H2,1-3H3,(H,16,17,18). The van der Waals surface area contributed by atoms with Gasteiger partial charge >= 0.3 is 0 Å². The van der Waals surface area contributed by atoms with E-state index < -0.39 is 0 Å². The van der Waals surface area contributed by atoms with E-state index in [1.54, 1.807) is 0 Å². The number of hydrogen-bond donors (Lipinski definition) is 2. The van der Waals surface area contributed by atoms with Gasteiger partial charge in [0.25, 0.3) is 0 Å². The van der Waals surface area contributed by atoms with Gasteiger partial charge in [0, 0.05) is 36.2 Å². The van der Waals surface area contributed by atoms with Crippen LogP contribution in [-0.2, 0) is 0 Å². The van der Waals surface area contributed by atoms with Crippen LogP contribution in [-0.4, -0.2) is 27.7 Å². The molecule has 1 fully saturated rings. The Bertz CT molecular complexity index is 420. The molecule has 0 bridgehead atoms. The van der Waals surface area contributed by atoms with Crippen molar-refractivity contribution in [2.45, 2.75) is 58.4 Å². The molecule has 2 atom stereocenters. The first kappa shape index (κ1) is 14.3. The van der Waals surface area contributed by atoms with Crippen molar-refractivity contribution in [2.24, 2.45) is 5.92 Å². The van der Waals surface area contributed by atoms with E-state index in [1.165, 1.54) is 12.8 Å². The summed E-state index contributed by atoms with van der Waals surface area (Å²) in [5.74, 6) is 2.48. The summed E-state index contributed by atoms with van der Waals surface area (Å²) in [6, 6.07) is 2.34. The molecule has 1 saturated carbocycles.